The molecule has 3 rings (SSSR count). The summed E-state index contributed by atoms with van der Waals surface area (Å²) in [7, 11) is 0. The van der Waals surface area contributed by atoms with Gasteiger partial charge in [0.05, 0.1) is 4.47 Å². The number of phenols is 1. The average Bonchev–Trinajstić information content (AvgIpc) is 2.68. The van der Waals surface area contributed by atoms with Crippen LogP contribution in [0.1, 0.15) is 21.5 Å². The van der Waals surface area contributed by atoms with E-state index >= 15 is 0 Å². The van der Waals surface area contributed by atoms with E-state index in [1.807, 2.05) is 0 Å². The van der Waals surface area contributed by atoms with E-state index in [-0.39, 0.29) is 17.3 Å². The van der Waals surface area contributed by atoms with E-state index in [0.29, 0.717) is 26.7 Å². The Labute approximate surface area is 117 Å². The fourth-order valence-electron chi connectivity index (χ4n) is 2.18. The maximum Gasteiger partial charge on any atom is 0.187 e. The number of benzene rings is 2. The van der Waals surface area contributed by atoms with Gasteiger partial charge in [0.1, 0.15) is 11.6 Å². The number of carbonyl (C=O) groups excluding carboxylic acids is 1. The molecule has 0 amide bonds. The van der Waals surface area contributed by atoms with Crippen LogP contribution < -0.4 is 0 Å². The standard InChI is InChI=1S/C15H8BrFO2/c16-12-5-9-10(8-3-1-2-4-13(8)17)6-14(18)11(9)7-15(12)19/h1-7,19H. The quantitative estimate of drug-likeness (QED) is 0.865. The highest BCUT2D eigenvalue weighted by Crippen LogP contribution is 2.38. The number of hydrogen-bond acceptors (Lipinski definition) is 2. The van der Waals surface area contributed by atoms with Gasteiger partial charge in [-0.25, -0.2) is 4.39 Å². The Morgan fingerprint density at radius 2 is 1.79 bits per heavy atom. The van der Waals surface area contributed by atoms with Crippen molar-refractivity contribution in [2.45, 2.75) is 0 Å². The van der Waals surface area contributed by atoms with Crippen LogP contribution in [0.15, 0.2) is 46.9 Å². The Hall–Kier alpha value is -1.94. The summed E-state index contributed by atoms with van der Waals surface area (Å²) in [4.78, 5) is 11.9. The summed E-state index contributed by atoms with van der Waals surface area (Å²) < 4.78 is 14.3. The zero-order valence-corrected chi connectivity index (χ0v) is 11.2. The Morgan fingerprint density at radius 1 is 1.05 bits per heavy atom. The van der Waals surface area contributed by atoms with Crippen LogP contribution in [-0.4, -0.2) is 10.9 Å². The molecule has 94 valence electrons. The molecule has 0 atom stereocenters. The van der Waals surface area contributed by atoms with Crippen LogP contribution in [0.3, 0.4) is 0 Å². The Bertz CT molecular complexity index is 735. The second kappa shape index (κ2) is 4.31. The van der Waals surface area contributed by atoms with E-state index in [1.165, 1.54) is 18.2 Å². The van der Waals surface area contributed by atoms with E-state index in [9.17, 15) is 14.3 Å². The monoisotopic (exact) mass is 318 g/mol. The molecule has 0 aliphatic heterocycles. The van der Waals surface area contributed by atoms with Crippen molar-refractivity contribution < 1.29 is 14.3 Å². The number of fused-ring (bicyclic) bond motifs is 1. The predicted molar refractivity (Wildman–Crippen MR) is 73.6 cm³/mol. The molecular weight excluding hydrogens is 311 g/mol. The number of allylic oxidation sites excluding steroid dienone is 1. The van der Waals surface area contributed by atoms with Gasteiger partial charge in [0.15, 0.2) is 5.78 Å². The molecule has 4 heteroatoms. The van der Waals surface area contributed by atoms with Gasteiger partial charge in [-0.1, -0.05) is 18.2 Å². The summed E-state index contributed by atoms with van der Waals surface area (Å²) >= 11 is 3.21. The van der Waals surface area contributed by atoms with Gasteiger partial charge in [0.2, 0.25) is 0 Å². The summed E-state index contributed by atoms with van der Waals surface area (Å²) in [5.74, 6) is -0.607. The number of hydrogen-bond donors (Lipinski definition) is 1. The summed E-state index contributed by atoms with van der Waals surface area (Å²) in [6.07, 6.45) is 1.40. The molecular formula is C15H8BrFO2. The normalized spacial score (nSPS) is 13.4. The third-order valence-corrected chi connectivity index (χ3v) is 3.72. The molecule has 0 aromatic heterocycles. The minimum atomic E-state index is -0.376. The van der Waals surface area contributed by atoms with Crippen molar-refractivity contribution in [3.63, 3.8) is 0 Å². The Balaban J connectivity index is 2.24. The largest absolute Gasteiger partial charge is 0.507 e. The van der Waals surface area contributed by atoms with Crippen molar-refractivity contribution in [2.24, 2.45) is 0 Å². The van der Waals surface area contributed by atoms with Crippen LogP contribution in [0.4, 0.5) is 4.39 Å². The van der Waals surface area contributed by atoms with Gasteiger partial charge < -0.3 is 5.11 Å². The van der Waals surface area contributed by atoms with Gasteiger partial charge in [0.25, 0.3) is 0 Å². The second-order valence-corrected chi connectivity index (χ2v) is 5.11. The first-order valence-electron chi connectivity index (χ1n) is 5.62. The Morgan fingerprint density at radius 3 is 2.53 bits per heavy atom. The fraction of sp³-hybridized carbons (Fsp3) is 0. The highest BCUT2D eigenvalue weighted by Gasteiger charge is 2.25. The molecule has 0 unspecified atom stereocenters. The van der Waals surface area contributed by atoms with E-state index < -0.39 is 0 Å². The maximum atomic E-state index is 13.8. The number of ketones is 1. The van der Waals surface area contributed by atoms with Crippen LogP contribution in [-0.2, 0) is 0 Å². The van der Waals surface area contributed by atoms with E-state index in [0.717, 1.165) is 0 Å². The first-order chi connectivity index (χ1) is 9.08. The highest BCUT2D eigenvalue weighted by molar-refractivity contribution is 9.10. The first kappa shape index (κ1) is 12.1. The minimum absolute atomic E-state index is 0.00437. The van der Waals surface area contributed by atoms with Crippen molar-refractivity contribution in [2.75, 3.05) is 0 Å². The molecule has 0 spiro atoms. The third kappa shape index (κ3) is 1.88. The number of halogens is 2. The highest BCUT2D eigenvalue weighted by atomic mass is 79.9. The molecule has 0 heterocycles. The maximum absolute atomic E-state index is 13.8. The molecule has 19 heavy (non-hydrogen) atoms. The van der Waals surface area contributed by atoms with Crippen LogP contribution in [0, 0.1) is 5.82 Å². The van der Waals surface area contributed by atoms with E-state index in [4.69, 9.17) is 0 Å². The molecule has 1 N–H and O–H groups in total. The molecule has 1 aliphatic carbocycles. The van der Waals surface area contributed by atoms with E-state index in [1.54, 1.807) is 24.3 Å². The molecule has 0 saturated carbocycles. The van der Waals surface area contributed by atoms with Crippen molar-refractivity contribution in [1.29, 1.82) is 0 Å². The average molecular weight is 319 g/mol. The Kier molecular flexibility index (Phi) is 2.75. The molecule has 0 fully saturated rings. The molecule has 0 bridgehead atoms. The second-order valence-electron chi connectivity index (χ2n) is 4.25. The van der Waals surface area contributed by atoms with Crippen molar-refractivity contribution in [1.82, 2.24) is 0 Å². The molecule has 2 aromatic rings. The van der Waals surface area contributed by atoms with Gasteiger partial charge in [-0.05, 0) is 51.3 Å². The number of rotatable bonds is 1. The van der Waals surface area contributed by atoms with Crippen LogP contribution in [0.2, 0.25) is 0 Å². The summed E-state index contributed by atoms with van der Waals surface area (Å²) in [5, 5.41) is 9.62. The number of phenolic OH excluding ortho intramolecular Hbond substituents is 1. The molecule has 2 aromatic carbocycles. The van der Waals surface area contributed by atoms with Crippen molar-refractivity contribution in [3.05, 3.63) is 69.5 Å². The van der Waals surface area contributed by atoms with Gasteiger partial charge in [-0.2, -0.15) is 0 Å². The molecule has 1 aliphatic rings. The van der Waals surface area contributed by atoms with Gasteiger partial charge in [-0.3, -0.25) is 4.79 Å². The minimum Gasteiger partial charge on any atom is -0.507 e. The predicted octanol–water partition coefficient (Wildman–Crippen LogP) is 3.92. The van der Waals surface area contributed by atoms with Crippen LogP contribution in [0.5, 0.6) is 5.75 Å². The fourth-order valence-corrected chi connectivity index (χ4v) is 2.52. The third-order valence-electron chi connectivity index (χ3n) is 3.08. The lowest BCUT2D eigenvalue weighted by atomic mass is 9.98. The molecule has 0 radical (unpaired) electrons. The lowest BCUT2D eigenvalue weighted by Crippen LogP contribution is -1.93. The number of carbonyl (C=O) groups is 1. The van der Waals surface area contributed by atoms with Crippen LogP contribution >= 0.6 is 15.9 Å². The topological polar surface area (TPSA) is 37.3 Å². The number of aromatic hydroxyl groups is 1. The van der Waals surface area contributed by atoms with Crippen molar-refractivity contribution >= 4 is 27.3 Å². The zero-order chi connectivity index (χ0) is 13.6. The van der Waals surface area contributed by atoms with Gasteiger partial charge in [0, 0.05) is 11.1 Å². The molecule has 2 nitrogen and oxygen atoms in total. The lowest BCUT2D eigenvalue weighted by Gasteiger charge is -2.08. The van der Waals surface area contributed by atoms with Gasteiger partial charge >= 0.3 is 0 Å². The summed E-state index contributed by atoms with van der Waals surface area (Å²) in [5.41, 5.74) is 1.93. The summed E-state index contributed by atoms with van der Waals surface area (Å²) in [6, 6.07) is 9.33. The lowest BCUT2D eigenvalue weighted by molar-refractivity contribution is 0.104. The smallest absolute Gasteiger partial charge is 0.187 e. The SMILES string of the molecule is O=C1C=C(c2ccccc2F)c2cc(Br)c(O)cc21. The van der Waals surface area contributed by atoms with Crippen molar-refractivity contribution in [3.8, 4) is 5.75 Å². The van der Waals surface area contributed by atoms with E-state index in [2.05, 4.69) is 15.9 Å². The van der Waals surface area contributed by atoms with Crippen LogP contribution in [0.25, 0.3) is 5.57 Å². The summed E-state index contributed by atoms with van der Waals surface area (Å²) in [6.45, 7) is 0. The van der Waals surface area contributed by atoms with Gasteiger partial charge in [-0.15, -0.1) is 0 Å². The first-order valence-corrected chi connectivity index (χ1v) is 6.41. The zero-order valence-electron chi connectivity index (χ0n) is 9.65. The molecule has 0 saturated heterocycles.